The highest BCUT2D eigenvalue weighted by molar-refractivity contribution is 6.31. The minimum Gasteiger partial charge on any atom is -0.318 e. The van der Waals surface area contributed by atoms with Crippen molar-refractivity contribution in [3.63, 3.8) is 0 Å². The Kier molecular flexibility index (Phi) is 3.44. The fourth-order valence-corrected chi connectivity index (χ4v) is 2.49. The van der Waals surface area contributed by atoms with E-state index in [-0.39, 0.29) is 10.7 Å². The van der Waals surface area contributed by atoms with Gasteiger partial charge in [-0.1, -0.05) is 17.7 Å². The first-order valence-corrected chi connectivity index (χ1v) is 6.85. The third-order valence-corrected chi connectivity index (χ3v) is 3.64. The SMILES string of the molecule is O=C(Nc1cccc(Cl)c1F)c1cc2n(n1)CCCC2. The van der Waals surface area contributed by atoms with Crippen LogP contribution in [0.5, 0.6) is 0 Å². The maximum atomic E-state index is 13.7. The highest BCUT2D eigenvalue weighted by Gasteiger charge is 2.18. The zero-order valence-corrected chi connectivity index (χ0v) is 11.5. The number of nitrogens with zero attached hydrogens (tertiary/aromatic N) is 2. The number of rotatable bonds is 2. The zero-order chi connectivity index (χ0) is 14.1. The number of hydrogen-bond donors (Lipinski definition) is 1. The van der Waals surface area contributed by atoms with Gasteiger partial charge in [0.2, 0.25) is 0 Å². The summed E-state index contributed by atoms with van der Waals surface area (Å²) >= 11 is 5.68. The molecule has 0 spiro atoms. The van der Waals surface area contributed by atoms with Crippen LogP contribution in [0.3, 0.4) is 0 Å². The van der Waals surface area contributed by atoms with Crippen molar-refractivity contribution in [2.24, 2.45) is 0 Å². The second-order valence-corrected chi connectivity index (χ2v) is 5.16. The molecule has 2 aromatic rings. The van der Waals surface area contributed by atoms with E-state index in [4.69, 9.17) is 11.6 Å². The van der Waals surface area contributed by atoms with Crippen LogP contribution in [0.25, 0.3) is 0 Å². The van der Waals surface area contributed by atoms with Gasteiger partial charge in [0.25, 0.3) is 5.91 Å². The summed E-state index contributed by atoms with van der Waals surface area (Å²) in [5, 5.41) is 6.73. The van der Waals surface area contributed by atoms with Gasteiger partial charge in [-0.25, -0.2) is 4.39 Å². The molecule has 1 aromatic heterocycles. The van der Waals surface area contributed by atoms with Crippen LogP contribution in [0.4, 0.5) is 10.1 Å². The van der Waals surface area contributed by atoms with Crippen molar-refractivity contribution in [1.82, 2.24) is 9.78 Å². The van der Waals surface area contributed by atoms with Gasteiger partial charge in [-0.15, -0.1) is 0 Å². The molecule has 0 saturated heterocycles. The Bertz CT molecular complexity index is 645. The van der Waals surface area contributed by atoms with Crippen molar-refractivity contribution in [2.45, 2.75) is 25.8 Å². The van der Waals surface area contributed by atoms with Crippen LogP contribution >= 0.6 is 11.6 Å². The Morgan fingerprint density at radius 3 is 3.05 bits per heavy atom. The first kappa shape index (κ1) is 13.1. The molecular weight excluding hydrogens is 281 g/mol. The Labute approximate surface area is 120 Å². The summed E-state index contributed by atoms with van der Waals surface area (Å²) in [5.41, 5.74) is 1.42. The summed E-state index contributed by atoms with van der Waals surface area (Å²) in [6, 6.07) is 6.24. The van der Waals surface area contributed by atoms with Gasteiger partial charge in [-0.05, 0) is 37.5 Å². The van der Waals surface area contributed by atoms with Gasteiger partial charge in [-0.2, -0.15) is 5.10 Å². The number of hydrogen-bond acceptors (Lipinski definition) is 2. The standard InChI is InChI=1S/C14H13ClFN3O/c15-10-5-3-6-11(13(10)16)17-14(20)12-8-9-4-1-2-7-19(9)18-12/h3,5-6,8H,1-2,4,7H2,(H,17,20). The third kappa shape index (κ3) is 2.41. The highest BCUT2D eigenvalue weighted by atomic mass is 35.5. The van der Waals surface area contributed by atoms with Crippen LogP contribution < -0.4 is 5.32 Å². The maximum Gasteiger partial charge on any atom is 0.276 e. The first-order chi connectivity index (χ1) is 9.65. The molecule has 1 aliphatic heterocycles. The van der Waals surface area contributed by atoms with E-state index in [0.29, 0.717) is 5.69 Å². The van der Waals surface area contributed by atoms with Gasteiger partial charge in [-0.3, -0.25) is 9.48 Å². The summed E-state index contributed by atoms with van der Waals surface area (Å²) < 4.78 is 15.6. The lowest BCUT2D eigenvalue weighted by Crippen LogP contribution is -2.15. The van der Waals surface area contributed by atoms with E-state index in [9.17, 15) is 9.18 Å². The molecule has 6 heteroatoms. The smallest absolute Gasteiger partial charge is 0.276 e. The second kappa shape index (κ2) is 5.25. The molecule has 0 bridgehead atoms. The lowest BCUT2D eigenvalue weighted by atomic mass is 10.1. The number of amides is 1. The Hall–Kier alpha value is -1.88. The second-order valence-electron chi connectivity index (χ2n) is 4.76. The van der Waals surface area contributed by atoms with Gasteiger partial charge in [0, 0.05) is 12.2 Å². The predicted molar refractivity (Wildman–Crippen MR) is 74.5 cm³/mol. The van der Waals surface area contributed by atoms with E-state index >= 15 is 0 Å². The van der Waals surface area contributed by atoms with Crippen molar-refractivity contribution in [3.05, 3.63) is 46.5 Å². The molecule has 1 amide bonds. The maximum absolute atomic E-state index is 13.7. The van der Waals surface area contributed by atoms with Crippen molar-refractivity contribution < 1.29 is 9.18 Å². The summed E-state index contributed by atoms with van der Waals surface area (Å²) in [7, 11) is 0. The first-order valence-electron chi connectivity index (χ1n) is 6.47. The quantitative estimate of drug-likeness (QED) is 0.924. The van der Waals surface area contributed by atoms with E-state index in [0.717, 1.165) is 31.5 Å². The number of carbonyl (C=O) groups excluding carboxylic acids is 1. The van der Waals surface area contributed by atoms with Crippen molar-refractivity contribution in [1.29, 1.82) is 0 Å². The molecule has 2 heterocycles. The van der Waals surface area contributed by atoms with Crippen LogP contribution in [0.15, 0.2) is 24.3 Å². The molecule has 20 heavy (non-hydrogen) atoms. The molecule has 0 radical (unpaired) electrons. The van der Waals surface area contributed by atoms with Crippen LogP contribution in [0.2, 0.25) is 5.02 Å². The number of aromatic nitrogens is 2. The molecule has 0 atom stereocenters. The molecular formula is C14H13ClFN3O. The normalized spacial score (nSPS) is 13.9. The molecule has 0 unspecified atom stereocenters. The molecule has 1 aliphatic rings. The summed E-state index contributed by atoms with van der Waals surface area (Å²) in [4.78, 5) is 12.1. The van der Waals surface area contributed by atoms with Gasteiger partial charge >= 0.3 is 0 Å². The summed E-state index contributed by atoms with van der Waals surface area (Å²) in [6.07, 6.45) is 3.10. The molecule has 0 saturated carbocycles. The van der Waals surface area contributed by atoms with Crippen LogP contribution in [0, 0.1) is 5.82 Å². The van der Waals surface area contributed by atoms with Gasteiger partial charge < -0.3 is 5.32 Å². The lowest BCUT2D eigenvalue weighted by Gasteiger charge is -2.11. The third-order valence-electron chi connectivity index (χ3n) is 3.35. The molecule has 4 nitrogen and oxygen atoms in total. The Morgan fingerprint density at radius 2 is 2.25 bits per heavy atom. The number of halogens is 2. The minimum absolute atomic E-state index is 0.0214. The van der Waals surface area contributed by atoms with E-state index in [1.807, 2.05) is 4.68 Å². The van der Waals surface area contributed by atoms with Gasteiger partial charge in [0.1, 0.15) is 0 Å². The van der Waals surface area contributed by atoms with Crippen molar-refractivity contribution in [3.8, 4) is 0 Å². The molecule has 1 N–H and O–H groups in total. The monoisotopic (exact) mass is 293 g/mol. The van der Waals surface area contributed by atoms with Gasteiger partial charge in [0.15, 0.2) is 11.5 Å². The van der Waals surface area contributed by atoms with Crippen LogP contribution in [0.1, 0.15) is 29.0 Å². The number of benzene rings is 1. The Balaban J connectivity index is 1.82. The van der Waals surface area contributed by atoms with E-state index < -0.39 is 11.7 Å². The van der Waals surface area contributed by atoms with Gasteiger partial charge in [0.05, 0.1) is 10.7 Å². The molecule has 0 fully saturated rings. The number of fused-ring (bicyclic) bond motifs is 1. The topological polar surface area (TPSA) is 46.9 Å². The van der Waals surface area contributed by atoms with Crippen LogP contribution in [-0.4, -0.2) is 15.7 Å². The van der Waals surface area contributed by atoms with Crippen molar-refractivity contribution in [2.75, 3.05) is 5.32 Å². The van der Waals surface area contributed by atoms with E-state index in [1.165, 1.54) is 12.1 Å². The fraction of sp³-hybridized carbons (Fsp3) is 0.286. The lowest BCUT2D eigenvalue weighted by molar-refractivity contribution is 0.102. The number of nitrogens with one attached hydrogen (secondary N) is 1. The Morgan fingerprint density at radius 1 is 1.40 bits per heavy atom. The van der Waals surface area contributed by atoms with Crippen molar-refractivity contribution >= 4 is 23.2 Å². The average molecular weight is 294 g/mol. The van der Waals surface area contributed by atoms with E-state index in [2.05, 4.69) is 10.4 Å². The average Bonchev–Trinajstić information content (AvgIpc) is 2.88. The molecule has 3 rings (SSSR count). The molecule has 104 valence electrons. The zero-order valence-electron chi connectivity index (χ0n) is 10.7. The number of aryl methyl sites for hydroxylation is 2. The molecule has 1 aromatic carbocycles. The summed E-state index contributed by atoms with van der Waals surface area (Å²) in [5.74, 6) is -1.06. The fourth-order valence-electron chi connectivity index (χ4n) is 2.32. The number of anilines is 1. The van der Waals surface area contributed by atoms with Crippen LogP contribution in [-0.2, 0) is 13.0 Å². The number of carbonyl (C=O) groups is 1. The largest absolute Gasteiger partial charge is 0.318 e. The highest BCUT2D eigenvalue weighted by Crippen LogP contribution is 2.23. The summed E-state index contributed by atoms with van der Waals surface area (Å²) in [6.45, 7) is 0.828. The molecule has 0 aliphatic carbocycles. The minimum atomic E-state index is -0.633. The van der Waals surface area contributed by atoms with E-state index in [1.54, 1.807) is 12.1 Å². The predicted octanol–water partition coefficient (Wildman–Crippen LogP) is 3.26.